The highest BCUT2D eigenvalue weighted by atomic mass is 32.2. The number of carbonyl (C=O) groups excluding carboxylic acids is 1. The van der Waals surface area contributed by atoms with E-state index in [9.17, 15) is 19.5 Å². The molecule has 1 fully saturated rings. The van der Waals surface area contributed by atoms with Gasteiger partial charge in [-0.2, -0.15) is 0 Å². The molecule has 0 radical (unpaired) electrons. The first-order valence-electron chi connectivity index (χ1n) is 6.30. The molecule has 0 bridgehead atoms. The Balaban J connectivity index is 2.29. The maximum atomic E-state index is 12.4. The number of hydrogen-bond donors (Lipinski definition) is 1. The standard InChI is InChI=1S/C13H15NO5S/c1-2-3-10-14(9(7-20-10)13(17)18)12(16)8-4-5-11(15)19-6-8/h4-6,9-10H,2-3,7H2,1H3,(H,17,18). The molecule has 1 amide bonds. The second kappa shape index (κ2) is 6.13. The molecule has 1 aromatic heterocycles. The van der Waals surface area contributed by atoms with Crippen molar-refractivity contribution in [2.75, 3.05) is 5.75 Å². The van der Waals surface area contributed by atoms with Crippen LogP contribution in [0.1, 0.15) is 30.1 Å². The van der Waals surface area contributed by atoms with Crippen LogP contribution < -0.4 is 5.63 Å². The van der Waals surface area contributed by atoms with Gasteiger partial charge in [0, 0.05) is 11.8 Å². The van der Waals surface area contributed by atoms with E-state index in [-0.39, 0.29) is 10.9 Å². The van der Waals surface area contributed by atoms with Crippen molar-refractivity contribution >= 4 is 23.6 Å². The molecule has 2 heterocycles. The number of nitrogens with zero attached hydrogens (tertiary/aromatic N) is 1. The minimum atomic E-state index is -1.01. The number of rotatable bonds is 4. The molecule has 0 spiro atoms. The molecule has 7 heteroatoms. The Morgan fingerprint density at radius 2 is 2.25 bits per heavy atom. The first-order valence-corrected chi connectivity index (χ1v) is 7.35. The molecule has 1 aromatic rings. The van der Waals surface area contributed by atoms with Gasteiger partial charge in [0.1, 0.15) is 12.3 Å². The highest BCUT2D eigenvalue weighted by molar-refractivity contribution is 8.00. The molecule has 0 aliphatic carbocycles. The zero-order chi connectivity index (χ0) is 14.7. The Labute approximate surface area is 119 Å². The number of aliphatic carboxylic acids is 1. The summed E-state index contributed by atoms with van der Waals surface area (Å²) in [7, 11) is 0. The summed E-state index contributed by atoms with van der Waals surface area (Å²) in [5, 5.41) is 9.08. The third-order valence-electron chi connectivity index (χ3n) is 3.10. The fraction of sp³-hybridized carbons (Fsp3) is 0.462. The van der Waals surface area contributed by atoms with E-state index >= 15 is 0 Å². The Hall–Kier alpha value is -1.76. The smallest absolute Gasteiger partial charge is 0.335 e. The van der Waals surface area contributed by atoms with Crippen LogP contribution in [0, 0.1) is 0 Å². The van der Waals surface area contributed by atoms with Gasteiger partial charge in [0.25, 0.3) is 5.91 Å². The van der Waals surface area contributed by atoms with Crippen molar-refractivity contribution in [3.05, 3.63) is 34.4 Å². The molecule has 1 aliphatic rings. The Morgan fingerprint density at radius 1 is 1.50 bits per heavy atom. The van der Waals surface area contributed by atoms with Crippen LogP contribution in [0.3, 0.4) is 0 Å². The molecule has 20 heavy (non-hydrogen) atoms. The van der Waals surface area contributed by atoms with Crippen LogP contribution in [-0.2, 0) is 4.79 Å². The van der Waals surface area contributed by atoms with Crippen molar-refractivity contribution in [2.45, 2.75) is 31.2 Å². The van der Waals surface area contributed by atoms with E-state index in [2.05, 4.69) is 4.42 Å². The first-order chi connectivity index (χ1) is 9.54. The number of carboxylic acids is 1. The van der Waals surface area contributed by atoms with Gasteiger partial charge in [-0.1, -0.05) is 13.3 Å². The van der Waals surface area contributed by atoms with Gasteiger partial charge in [-0.3, -0.25) is 4.79 Å². The predicted octanol–water partition coefficient (Wildman–Crippen LogP) is 1.41. The van der Waals surface area contributed by atoms with E-state index in [0.29, 0.717) is 5.75 Å². The number of carboxylic acid groups (broad SMARTS) is 1. The van der Waals surface area contributed by atoms with Crippen molar-refractivity contribution in [1.29, 1.82) is 0 Å². The van der Waals surface area contributed by atoms with Crippen LogP contribution in [0.25, 0.3) is 0 Å². The minimum absolute atomic E-state index is 0.152. The maximum absolute atomic E-state index is 12.4. The molecule has 6 nitrogen and oxygen atoms in total. The highest BCUT2D eigenvalue weighted by Crippen LogP contribution is 2.33. The highest BCUT2D eigenvalue weighted by Gasteiger charge is 2.41. The molecule has 1 aliphatic heterocycles. The molecule has 0 aromatic carbocycles. The zero-order valence-corrected chi connectivity index (χ0v) is 11.8. The van der Waals surface area contributed by atoms with Crippen LogP contribution in [0.2, 0.25) is 0 Å². The van der Waals surface area contributed by atoms with E-state index in [0.717, 1.165) is 25.2 Å². The van der Waals surface area contributed by atoms with E-state index in [1.165, 1.54) is 22.7 Å². The van der Waals surface area contributed by atoms with Crippen LogP contribution in [-0.4, -0.2) is 39.1 Å². The average Bonchev–Trinajstić information content (AvgIpc) is 2.83. The van der Waals surface area contributed by atoms with Gasteiger partial charge in [-0.05, 0) is 12.5 Å². The number of carbonyl (C=O) groups is 2. The van der Waals surface area contributed by atoms with E-state index in [4.69, 9.17) is 0 Å². The predicted molar refractivity (Wildman–Crippen MR) is 73.7 cm³/mol. The quantitative estimate of drug-likeness (QED) is 0.904. The van der Waals surface area contributed by atoms with Crippen LogP contribution in [0.4, 0.5) is 0 Å². The molecule has 2 atom stereocenters. The monoisotopic (exact) mass is 297 g/mol. The van der Waals surface area contributed by atoms with Crippen molar-refractivity contribution in [3.63, 3.8) is 0 Å². The van der Waals surface area contributed by atoms with E-state index < -0.39 is 23.5 Å². The van der Waals surface area contributed by atoms with Crippen LogP contribution in [0.15, 0.2) is 27.6 Å². The average molecular weight is 297 g/mol. The SMILES string of the molecule is CCCC1SCC(C(=O)O)N1C(=O)c1ccc(=O)oc1. The van der Waals surface area contributed by atoms with Crippen LogP contribution >= 0.6 is 11.8 Å². The fourth-order valence-electron chi connectivity index (χ4n) is 2.12. The van der Waals surface area contributed by atoms with Gasteiger partial charge < -0.3 is 14.4 Å². The summed E-state index contributed by atoms with van der Waals surface area (Å²) in [4.78, 5) is 36.0. The lowest BCUT2D eigenvalue weighted by Crippen LogP contribution is -2.45. The molecular formula is C13H15NO5S. The lowest BCUT2D eigenvalue weighted by atomic mass is 10.2. The third kappa shape index (κ3) is 2.87. The second-order valence-electron chi connectivity index (χ2n) is 4.49. The Kier molecular flexibility index (Phi) is 4.49. The van der Waals surface area contributed by atoms with Gasteiger partial charge in [0.15, 0.2) is 0 Å². The van der Waals surface area contributed by atoms with Gasteiger partial charge in [0.2, 0.25) is 0 Å². The largest absolute Gasteiger partial charge is 0.480 e. The molecule has 2 rings (SSSR count). The summed E-state index contributed by atoms with van der Waals surface area (Å²) >= 11 is 1.47. The van der Waals surface area contributed by atoms with Crippen molar-refractivity contribution in [1.82, 2.24) is 4.90 Å². The summed E-state index contributed by atoms with van der Waals surface area (Å²) in [6.45, 7) is 1.98. The molecular weight excluding hydrogens is 282 g/mol. The Morgan fingerprint density at radius 3 is 2.80 bits per heavy atom. The molecule has 1 N–H and O–H groups in total. The zero-order valence-electron chi connectivity index (χ0n) is 10.9. The van der Waals surface area contributed by atoms with Crippen molar-refractivity contribution in [3.8, 4) is 0 Å². The van der Waals surface area contributed by atoms with E-state index in [1.54, 1.807) is 0 Å². The first kappa shape index (κ1) is 14.6. The Bertz CT molecular complexity index is 550. The van der Waals surface area contributed by atoms with Crippen LogP contribution in [0.5, 0.6) is 0 Å². The fourth-order valence-corrected chi connectivity index (χ4v) is 3.64. The summed E-state index contributed by atoms with van der Waals surface area (Å²) in [5.41, 5.74) is -0.350. The molecule has 108 valence electrons. The summed E-state index contributed by atoms with van der Waals surface area (Å²) < 4.78 is 4.67. The van der Waals surface area contributed by atoms with Gasteiger partial charge in [-0.25, -0.2) is 9.59 Å². The van der Waals surface area contributed by atoms with Gasteiger partial charge in [-0.15, -0.1) is 11.8 Å². The summed E-state index contributed by atoms with van der Waals surface area (Å²) in [6.07, 6.45) is 2.67. The molecule has 0 saturated carbocycles. The van der Waals surface area contributed by atoms with Gasteiger partial charge in [0.05, 0.1) is 10.9 Å². The summed E-state index contributed by atoms with van der Waals surface area (Å²) in [6, 6.07) is 1.68. The molecule has 1 saturated heterocycles. The van der Waals surface area contributed by atoms with E-state index in [1.807, 2.05) is 6.92 Å². The topological polar surface area (TPSA) is 87.8 Å². The molecule has 2 unspecified atom stereocenters. The third-order valence-corrected chi connectivity index (χ3v) is 4.45. The lowest BCUT2D eigenvalue weighted by molar-refractivity contribution is -0.141. The van der Waals surface area contributed by atoms with Crippen molar-refractivity contribution in [2.24, 2.45) is 0 Å². The summed E-state index contributed by atoms with van der Waals surface area (Å²) in [5.74, 6) is -1.05. The number of hydrogen-bond acceptors (Lipinski definition) is 5. The maximum Gasteiger partial charge on any atom is 0.335 e. The van der Waals surface area contributed by atoms with Gasteiger partial charge >= 0.3 is 11.6 Å². The van der Waals surface area contributed by atoms with Crippen molar-refractivity contribution < 1.29 is 19.1 Å². The minimum Gasteiger partial charge on any atom is -0.480 e. The lowest BCUT2D eigenvalue weighted by Gasteiger charge is -2.27. The second-order valence-corrected chi connectivity index (χ2v) is 5.70. The number of thioether (sulfide) groups is 1. The number of amides is 1. The normalized spacial score (nSPS) is 21.9.